The molecule has 3 atom stereocenters. The topological polar surface area (TPSA) is 49.8 Å². The first-order valence-electron chi connectivity index (χ1n) is 11.8. The molecule has 0 bridgehead atoms. The van der Waals surface area contributed by atoms with E-state index >= 15 is 0 Å². The summed E-state index contributed by atoms with van der Waals surface area (Å²) in [6.45, 7) is 2.24. The number of likely N-dealkylation sites (tertiary alicyclic amines) is 1. The van der Waals surface area contributed by atoms with Crippen molar-refractivity contribution >= 4 is 5.78 Å². The summed E-state index contributed by atoms with van der Waals surface area (Å²) in [4.78, 5) is 15.2. The van der Waals surface area contributed by atoms with E-state index in [9.17, 15) is 9.90 Å². The molecule has 1 saturated heterocycles. The molecule has 4 heteroatoms. The van der Waals surface area contributed by atoms with E-state index in [0.29, 0.717) is 18.4 Å². The van der Waals surface area contributed by atoms with Crippen LogP contribution in [0.25, 0.3) is 11.1 Å². The molecular formula is C29H31NO3. The number of hydrogen-bond acceptors (Lipinski definition) is 4. The predicted molar refractivity (Wildman–Crippen MR) is 131 cm³/mol. The normalized spacial score (nSPS) is 24.5. The van der Waals surface area contributed by atoms with Crippen LogP contribution in [-0.2, 0) is 6.42 Å². The predicted octanol–water partition coefficient (Wildman–Crippen LogP) is 4.86. The lowest BCUT2D eigenvalue weighted by Gasteiger charge is -2.26. The largest absolute Gasteiger partial charge is 0.497 e. The van der Waals surface area contributed by atoms with Gasteiger partial charge in [0, 0.05) is 25.1 Å². The van der Waals surface area contributed by atoms with Gasteiger partial charge in [0.25, 0.3) is 0 Å². The van der Waals surface area contributed by atoms with Crippen LogP contribution < -0.4 is 4.74 Å². The van der Waals surface area contributed by atoms with Crippen LogP contribution in [0.15, 0.2) is 78.9 Å². The number of carbonyl (C=O) groups is 1. The van der Waals surface area contributed by atoms with Gasteiger partial charge in [-0.25, -0.2) is 0 Å². The first-order valence-corrected chi connectivity index (χ1v) is 11.8. The van der Waals surface area contributed by atoms with E-state index in [1.165, 1.54) is 5.56 Å². The van der Waals surface area contributed by atoms with Crippen LogP contribution in [0, 0.1) is 11.8 Å². The molecule has 2 fully saturated rings. The fourth-order valence-electron chi connectivity index (χ4n) is 5.75. The molecule has 0 amide bonds. The summed E-state index contributed by atoms with van der Waals surface area (Å²) >= 11 is 0. The van der Waals surface area contributed by atoms with Gasteiger partial charge < -0.3 is 9.84 Å². The standard InChI is InChI=1S/C29H31NO3/c1-33-27-9-5-8-24(14-27)22-10-12-23(13-11-22)28(31)20-30-18-25-16-29(32,17-26(25)19-30)15-21-6-3-2-4-7-21/h2-14,25-26,32H,15-20H2,1H3/t25-,26+,29?. The minimum absolute atomic E-state index is 0.159. The van der Waals surface area contributed by atoms with Crippen LogP contribution in [0.2, 0.25) is 0 Å². The van der Waals surface area contributed by atoms with E-state index < -0.39 is 5.60 Å². The summed E-state index contributed by atoms with van der Waals surface area (Å²) in [6.07, 6.45) is 2.37. The Morgan fingerprint density at radius 3 is 2.30 bits per heavy atom. The van der Waals surface area contributed by atoms with E-state index in [4.69, 9.17) is 4.74 Å². The first kappa shape index (κ1) is 21.9. The number of methoxy groups -OCH3 is 1. The van der Waals surface area contributed by atoms with Crippen LogP contribution in [0.5, 0.6) is 5.75 Å². The number of ketones is 1. The molecule has 3 aromatic carbocycles. The number of hydrogen-bond donors (Lipinski definition) is 1. The van der Waals surface area contributed by atoms with E-state index in [1.807, 2.05) is 66.7 Å². The molecule has 1 saturated carbocycles. The SMILES string of the molecule is COc1cccc(-c2ccc(C(=O)CN3C[C@@H]4CC(O)(Cc5ccccc5)C[C@@H]4C3)cc2)c1. The second-order valence-electron chi connectivity index (χ2n) is 9.74. The maximum Gasteiger partial charge on any atom is 0.176 e. The Morgan fingerprint density at radius 2 is 1.64 bits per heavy atom. The lowest BCUT2D eigenvalue weighted by atomic mass is 9.91. The maximum atomic E-state index is 12.9. The van der Waals surface area contributed by atoms with Crippen molar-refractivity contribution in [2.75, 3.05) is 26.7 Å². The summed E-state index contributed by atoms with van der Waals surface area (Å²) in [5.74, 6) is 1.93. The van der Waals surface area contributed by atoms with Crippen molar-refractivity contribution < 1.29 is 14.6 Å². The highest BCUT2D eigenvalue weighted by atomic mass is 16.5. The second kappa shape index (κ2) is 9.12. The zero-order chi connectivity index (χ0) is 22.8. The molecular weight excluding hydrogens is 410 g/mol. The molecule has 0 spiro atoms. The van der Waals surface area contributed by atoms with E-state index in [1.54, 1.807) is 7.11 Å². The molecule has 3 aromatic rings. The monoisotopic (exact) mass is 441 g/mol. The number of ether oxygens (including phenoxy) is 1. The second-order valence-corrected chi connectivity index (χ2v) is 9.74. The molecule has 1 unspecified atom stereocenters. The van der Waals surface area contributed by atoms with Gasteiger partial charge in [-0.05, 0) is 53.5 Å². The van der Waals surface area contributed by atoms with Gasteiger partial charge in [-0.2, -0.15) is 0 Å². The fourth-order valence-corrected chi connectivity index (χ4v) is 5.75. The molecule has 0 aromatic heterocycles. The summed E-state index contributed by atoms with van der Waals surface area (Å²) in [5.41, 5.74) is 3.48. The first-order chi connectivity index (χ1) is 16.0. The summed E-state index contributed by atoms with van der Waals surface area (Å²) < 4.78 is 5.31. The van der Waals surface area contributed by atoms with Crippen LogP contribution >= 0.6 is 0 Å². The Kier molecular flexibility index (Phi) is 6.05. The van der Waals surface area contributed by atoms with E-state index in [0.717, 1.165) is 54.8 Å². The lowest BCUT2D eigenvalue weighted by molar-refractivity contribution is 0.0355. The number of carbonyl (C=O) groups excluding carboxylic acids is 1. The number of aliphatic hydroxyl groups is 1. The Hall–Kier alpha value is -2.95. The van der Waals surface area contributed by atoms with Gasteiger partial charge in [-0.1, -0.05) is 66.7 Å². The van der Waals surface area contributed by atoms with Gasteiger partial charge in [-0.15, -0.1) is 0 Å². The zero-order valence-corrected chi connectivity index (χ0v) is 19.1. The van der Waals surface area contributed by atoms with Crippen LogP contribution in [-0.4, -0.2) is 48.1 Å². The molecule has 1 heterocycles. The van der Waals surface area contributed by atoms with Crippen molar-refractivity contribution in [1.82, 2.24) is 4.90 Å². The number of Topliss-reactive ketones (excluding diaryl/α,β-unsaturated/α-hetero) is 1. The van der Waals surface area contributed by atoms with E-state index in [2.05, 4.69) is 17.0 Å². The highest BCUT2D eigenvalue weighted by Crippen LogP contribution is 2.45. The van der Waals surface area contributed by atoms with Gasteiger partial charge in [0.1, 0.15) is 5.75 Å². The highest BCUT2D eigenvalue weighted by molar-refractivity contribution is 5.98. The van der Waals surface area contributed by atoms with Crippen molar-refractivity contribution in [1.29, 1.82) is 0 Å². The van der Waals surface area contributed by atoms with Gasteiger partial charge in [0.15, 0.2) is 5.78 Å². The molecule has 4 nitrogen and oxygen atoms in total. The molecule has 1 aliphatic heterocycles. The van der Waals surface area contributed by atoms with Crippen LogP contribution in [0.3, 0.4) is 0 Å². The van der Waals surface area contributed by atoms with Gasteiger partial charge >= 0.3 is 0 Å². The molecule has 170 valence electrons. The number of nitrogens with zero attached hydrogens (tertiary/aromatic N) is 1. The third-order valence-electron chi connectivity index (χ3n) is 7.29. The Morgan fingerprint density at radius 1 is 0.939 bits per heavy atom. The lowest BCUT2D eigenvalue weighted by Crippen LogP contribution is -2.34. The Labute approximate surface area is 195 Å². The highest BCUT2D eigenvalue weighted by Gasteiger charge is 2.48. The quantitative estimate of drug-likeness (QED) is 0.532. The van der Waals surface area contributed by atoms with Gasteiger partial charge in [-0.3, -0.25) is 9.69 Å². The van der Waals surface area contributed by atoms with Crippen LogP contribution in [0.1, 0.15) is 28.8 Å². The maximum absolute atomic E-state index is 12.9. The zero-order valence-electron chi connectivity index (χ0n) is 19.1. The van der Waals surface area contributed by atoms with Crippen molar-refractivity contribution in [2.45, 2.75) is 24.9 Å². The van der Waals surface area contributed by atoms with Crippen molar-refractivity contribution in [3.05, 3.63) is 90.0 Å². The average Bonchev–Trinajstić information content (AvgIpc) is 3.33. The van der Waals surface area contributed by atoms with Crippen LogP contribution in [0.4, 0.5) is 0 Å². The number of fused-ring (bicyclic) bond motifs is 1. The summed E-state index contributed by atoms with van der Waals surface area (Å²) in [6, 6.07) is 26.1. The molecule has 0 radical (unpaired) electrons. The van der Waals surface area contributed by atoms with Crippen molar-refractivity contribution in [3.63, 3.8) is 0 Å². The minimum atomic E-state index is -0.608. The molecule has 2 aliphatic rings. The van der Waals surface area contributed by atoms with Gasteiger partial charge in [0.05, 0.1) is 19.3 Å². The Bertz CT molecular complexity index is 1100. The average molecular weight is 442 g/mol. The minimum Gasteiger partial charge on any atom is -0.497 e. The van der Waals surface area contributed by atoms with Crippen molar-refractivity contribution in [3.8, 4) is 16.9 Å². The Balaban J connectivity index is 1.17. The fraction of sp³-hybridized carbons (Fsp3) is 0.345. The summed E-state index contributed by atoms with van der Waals surface area (Å²) in [5, 5.41) is 11.2. The third-order valence-corrected chi connectivity index (χ3v) is 7.29. The number of rotatable bonds is 7. The molecule has 33 heavy (non-hydrogen) atoms. The van der Waals surface area contributed by atoms with E-state index in [-0.39, 0.29) is 5.78 Å². The molecule has 1 aliphatic carbocycles. The molecule has 5 rings (SSSR count). The summed E-state index contributed by atoms with van der Waals surface area (Å²) in [7, 11) is 1.66. The van der Waals surface area contributed by atoms with Crippen molar-refractivity contribution in [2.24, 2.45) is 11.8 Å². The third kappa shape index (κ3) is 4.87. The smallest absolute Gasteiger partial charge is 0.176 e. The molecule has 1 N–H and O–H groups in total. The van der Waals surface area contributed by atoms with Gasteiger partial charge in [0.2, 0.25) is 0 Å². The number of benzene rings is 3.